The largest absolute Gasteiger partial charge is 0.698 e. The molecule has 72 valence electrons. The zero-order chi connectivity index (χ0) is 9.23. The molecular weight excluding hydrogens is 185 g/mol. The molecule has 1 unspecified atom stereocenters. The highest BCUT2D eigenvalue weighted by molar-refractivity contribution is 7.33. The molecule has 1 atom stereocenters. The Labute approximate surface area is 71.4 Å². The molecule has 6 nitrogen and oxygen atoms in total. The van der Waals surface area contributed by atoms with Gasteiger partial charge in [-0.2, -0.15) is 0 Å². The van der Waals surface area contributed by atoms with E-state index in [0.717, 1.165) is 0 Å². The van der Waals surface area contributed by atoms with E-state index < -0.39 is 8.25 Å². The van der Waals surface area contributed by atoms with Crippen LogP contribution in [0.25, 0.3) is 0 Å². The van der Waals surface area contributed by atoms with E-state index in [1.54, 1.807) is 0 Å². The fourth-order valence-electron chi connectivity index (χ4n) is 0.385. The maximum absolute atomic E-state index is 10.7. The van der Waals surface area contributed by atoms with Crippen molar-refractivity contribution in [3.05, 3.63) is 0 Å². The lowest BCUT2D eigenvalue weighted by atomic mass is 10.5. The number of rotatable bonds is 8. The maximum Gasteiger partial charge on any atom is 0.698 e. The predicted octanol–water partition coefficient (Wildman–Crippen LogP) is -0.444. The summed E-state index contributed by atoms with van der Waals surface area (Å²) < 4.78 is 19.9. The van der Waals surface area contributed by atoms with E-state index in [2.05, 4.69) is 14.4 Å². The minimum Gasteiger partial charge on any atom is -0.396 e. The van der Waals surface area contributed by atoms with Crippen LogP contribution in [0.3, 0.4) is 0 Å². The minimum absolute atomic E-state index is 0.00192. The lowest BCUT2D eigenvalue weighted by molar-refractivity contribution is 0.168. The second-order valence-electron chi connectivity index (χ2n) is 1.82. The average Bonchev–Trinajstić information content (AvgIpc) is 2.06. The van der Waals surface area contributed by atoms with Gasteiger partial charge in [-0.25, -0.2) is 0 Å². The van der Waals surface area contributed by atoms with Crippen LogP contribution in [-0.2, 0) is 13.6 Å². The van der Waals surface area contributed by atoms with Crippen molar-refractivity contribution in [2.75, 3.05) is 26.7 Å². The SMILES string of the molecule is O=[P+](OCCCO)OCNCO. The van der Waals surface area contributed by atoms with Crippen molar-refractivity contribution >= 4 is 8.25 Å². The van der Waals surface area contributed by atoms with E-state index in [-0.39, 0.29) is 26.7 Å². The molecule has 7 heteroatoms. The first-order valence-electron chi connectivity index (χ1n) is 3.46. The van der Waals surface area contributed by atoms with Crippen molar-refractivity contribution in [3.8, 4) is 0 Å². The standard InChI is InChI=1S/C5H13NO5P/c7-2-1-3-10-12(9)11-5-6-4-8/h6-8H,1-5H2/q+1. The van der Waals surface area contributed by atoms with Gasteiger partial charge in [0.05, 0.1) is 6.73 Å². The summed E-state index contributed by atoms with van der Waals surface area (Å²) in [5.41, 5.74) is 0. The molecule has 12 heavy (non-hydrogen) atoms. The Morgan fingerprint density at radius 2 is 2.08 bits per heavy atom. The third-order valence-corrected chi connectivity index (χ3v) is 1.62. The molecule has 0 amide bonds. The molecule has 0 aromatic carbocycles. The second kappa shape index (κ2) is 8.99. The third-order valence-electron chi connectivity index (χ3n) is 0.883. The van der Waals surface area contributed by atoms with Gasteiger partial charge in [-0.05, 0) is 6.42 Å². The van der Waals surface area contributed by atoms with Crippen molar-refractivity contribution in [1.29, 1.82) is 0 Å². The van der Waals surface area contributed by atoms with Crippen LogP contribution < -0.4 is 5.32 Å². The molecule has 0 aliphatic rings. The second-order valence-corrected chi connectivity index (χ2v) is 2.78. The molecular formula is C5H13NO5P+. The van der Waals surface area contributed by atoms with Gasteiger partial charge in [0.1, 0.15) is 6.61 Å². The summed E-state index contributed by atoms with van der Waals surface area (Å²) in [6, 6.07) is 0. The van der Waals surface area contributed by atoms with E-state index in [4.69, 9.17) is 10.2 Å². The van der Waals surface area contributed by atoms with Crippen molar-refractivity contribution in [2.24, 2.45) is 0 Å². The number of nitrogens with one attached hydrogen (secondary N) is 1. The lowest BCUT2D eigenvalue weighted by Crippen LogP contribution is -2.16. The van der Waals surface area contributed by atoms with Crippen LogP contribution in [0, 0.1) is 0 Å². The van der Waals surface area contributed by atoms with Gasteiger partial charge >= 0.3 is 8.25 Å². The fraction of sp³-hybridized carbons (Fsp3) is 1.00. The highest BCUT2D eigenvalue weighted by atomic mass is 31.1. The van der Waals surface area contributed by atoms with Crippen molar-refractivity contribution < 1.29 is 23.8 Å². The van der Waals surface area contributed by atoms with Crippen LogP contribution in [0.5, 0.6) is 0 Å². The molecule has 0 radical (unpaired) electrons. The van der Waals surface area contributed by atoms with Crippen LogP contribution >= 0.6 is 8.25 Å². The van der Waals surface area contributed by atoms with Gasteiger partial charge in [-0.1, -0.05) is 0 Å². The van der Waals surface area contributed by atoms with Crippen molar-refractivity contribution in [3.63, 3.8) is 0 Å². The molecule has 0 aliphatic heterocycles. The van der Waals surface area contributed by atoms with E-state index >= 15 is 0 Å². The Kier molecular flexibility index (Phi) is 8.92. The van der Waals surface area contributed by atoms with E-state index in [9.17, 15) is 4.57 Å². The van der Waals surface area contributed by atoms with Gasteiger partial charge in [0.2, 0.25) is 0 Å². The van der Waals surface area contributed by atoms with Gasteiger partial charge in [0, 0.05) is 11.2 Å². The number of aliphatic hydroxyl groups excluding tert-OH is 2. The zero-order valence-corrected chi connectivity index (χ0v) is 7.50. The third kappa shape index (κ3) is 8.00. The highest BCUT2D eigenvalue weighted by Crippen LogP contribution is 2.22. The monoisotopic (exact) mass is 198 g/mol. The number of aliphatic hydroxyl groups is 2. The molecule has 0 heterocycles. The molecule has 0 spiro atoms. The van der Waals surface area contributed by atoms with Crippen molar-refractivity contribution in [1.82, 2.24) is 5.32 Å². The zero-order valence-electron chi connectivity index (χ0n) is 6.60. The predicted molar refractivity (Wildman–Crippen MR) is 41.4 cm³/mol. The van der Waals surface area contributed by atoms with Crippen LogP contribution in [-0.4, -0.2) is 36.9 Å². The molecule has 3 N–H and O–H groups in total. The maximum atomic E-state index is 10.7. The van der Waals surface area contributed by atoms with Crippen molar-refractivity contribution in [2.45, 2.75) is 6.42 Å². The Bertz CT molecular complexity index is 110. The average molecular weight is 198 g/mol. The summed E-state index contributed by atoms with van der Waals surface area (Å²) in [6.07, 6.45) is 0.428. The van der Waals surface area contributed by atoms with Gasteiger partial charge in [-0.3, -0.25) is 5.32 Å². The molecule has 0 saturated heterocycles. The molecule has 0 saturated carbocycles. The van der Waals surface area contributed by atoms with Gasteiger partial charge in [0.25, 0.3) is 0 Å². The smallest absolute Gasteiger partial charge is 0.396 e. The van der Waals surface area contributed by atoms with E-state index in [0.29, 0.717) is 6.42 Å². The Hall–Kier alpha value is -0.100. The van der Waals surface area contributed by atoms with Gasteiger partial charge < -0.3 is 10.2 Å². The molecule has 0 aliphatic carbocycles. The first-order chi connectivity index (χ1) is 5.81. The summed E-state index contributed by atoms with van der Waals surface area (Å²) in [6.45, 7) is -0.0620. The Balaban J connectivity index is 3.10. The quantitative estimate of drug-likeness (QED) is 0.278. The lowest BCUT2D eigenvalue weighted by Gasteiger charge is -1.91. The van der Waals surface area contributed by atoms with Crippen LogP contribution in [0.15, 0.2) is 0 Å². The minimum atomic E-state index is -2.14. The fourth-order valence-corrected chi connectivity index (χ4v) is 0.934. The van der Waals surface area contributed by atoms with E-state index in [1.165, 1.54) is 0 Å². The Morgan fingerprint density at radius 1 is 1.33 bits per heavy atom. The van der Waals surface area contributed by atoms with Crippen LogP contribution in [0.4, 0.5) is 0 Å². The molecule has 0 fully saturated rings. The summed E-state index contributed by atoms with van der Waals surface area (Å²) in [5.74, 6) is 0. The topological polar surface area (TPSA) is 88.0 Å². The molecule has 0 bridgehead atoms. The Morgan fingerprint density at radius 3 is 2.67 bits per heavy atom. The molecule has 0 aromatic heterocycles. The molecule has 0 rings (SSSR count). The molecule has 0 aromatic rings. The number of hydrogen-bond acceptors (Lipinski definition) is 6. The highest BCUT2D eigenvalue weighted by Gasteiger charge is 2.18. The summed E-state index contributed by atoms with van der Waals surface area (Å²) in [5, 5.41) is 19.0. The normalized spacial score (nSPS) is 11.7. The summed E-state index contributed by atoms with van der Waals surface area (Å²) in [7, 11) is -2.14. The van der Waals surface area contributed by atoms with Gasteiger partial charge in [-0.15, -0.1) is 9.05 Å². The van der Waals surface area contributed by atoms with Crippen LogP contribution in [0.2, 0.25) is 0 Å². The summed E-state index contributed by atoms with van der Waals surface area (Å²) >= 11 is 0. The van der Waals surface area contributed by atoms with Crippen LogP contribution in [0.1, 0.15) is 6.42 Å². The van der Waals surface area contributed by atoms with Gasteiger partial charge in [0.15, 0.2) is 6.73 Å². The summed E-state index contributed by atoms with van der Waals surface area (Å²) in [4.78, 5) is 0. The number of hydrogen-bond donors (Lipinski definition) is 3. The first-order valence-corrected chi connectivity index (χ1v) is 4.56. The first kappa shape index (κ1) is 11.9. The van der Waals surface area contributed by atoms with E-state index in [1.807, 2.05) is 0 Å².